The van der Waals surface area contributed by atoms with Crippen LogP contribution in [0.1, 0.15) is 37.4 Å². The average molecular weight is 251 g/mol. The molecule has 1 heterocycles. The van der Waals surface area contributed by atoms with Gasteiger partial charge in [-0.2, -0.15) is 5.26 Å². The third-order valence-corrected chi connectivity index (χ3v) is 3.50. The van der Waals surface area contributed by atoms with Crippen molar-refractivity contribution in [3.8, 4) is 6.07 Å². The van der Waals surface area contributed by atoms with E-state index in [1.165, 1.54) is 5.69 Å². The van der Waals surface area contributed by atoms with Gasteiger partial charge in [0, 0.05) is 18.3 Å². The van der Waals surface area contributed by atoms with E-state index in [1.54, 1.807) is 11.3 Å². The quantitative estimate of drug-likeness (QED) is 0.758. The summed E-state index contributed by atoms with van der Waals surface area (Å²) in [7, 11) is 0. The maximum absolute atomic E-state index is 8.87. The molecule has 0 spiro atoms. The van der Waals surface area contributed by atoms with Crippen molar-refractivity contribution in [2.75, 3.05) is 13.1 Å². The fraction of sp³-hybridized carbons (Fsp3) is 0.692. The first-order valence-corrected chi connectivity index (χ1v) is 6.94. The maximum atomic E-state index is 8.87. The molecule has 0 aliphatic heterocycles. The molecule has 1 aromatic heterocycles. The molecule has 0 unspecified atom stereocenters. The first-order chi connectivity index (χ1) is 8.03. The summed E-state index contributed by atoms with van der Waals surface area (Å²) in [6, 6.07) is 2.32. The van der Waals surface area contributed by atoms with E-state index in [2.05, 4.69) is 21.8 Å². The Hall–Kier alpha value is -0.920. The molecule has 0 fully saturated rings. The van der Waals surface area contributed by atoms with E-state index in [9.17, 15) is 0 Å². The van der Waals surface area contributed by atoms with Crippen molar-refractivity contribution in [2.45, 2.75) is 40.0 Å². The first-order valence-electron chi connectivity index (χ1n) is 6.06. The zero-order valence-corrected chi connectivity index (χ0v) is 11.7. The van der Waals surface area contributed by atoms with Gasteiger partial charge in [0.25, 0.3) is 0 Å². The second kappa shape index (κ2) is 6.73. The van der Waals surface area contributed by atoms with Crippen molar-refractivity contribution in [1.82, 2.24) is 10.3 Å². The molecule has 1 aromatic rings. The molecule has 0 aliphatic rings. The van der Waals surface area contributed by atoms with Crippen molar-refractivity contribution < 1.29 is 0 Å². The Labute approximate surface area is 108 Å². The summed E-state index contributed by atoms with van der Waals surface area (Å²) in [5.41, 5.74) is 0.991. The van der Waals surface area contributed by atoms with Gasteiger partial charge < -0.3 is 5.32 Å². The molecule has 1 rings (SSSR count). The molecule has 0 aromatic carbocycles. The van der Waals surface area contributed by atoms with Crippen molar-refractivity contribution in [3.63, 3.8) is 0 Å². The van der Waals surface area contributed by atoms with E-state index in [0.29, 0.717) is 0 Å². The molecule has 0 aliphatic carbocycles. The van der Waals surface area contributed by atoms with Crippen molar-refractivity contribution in [2.24, 2.45) is 5.41 Å². The van der Waals surface area contributed by atoms with Crippen LogP contribution in [0.25, 0.3) is 0 Å². The normalized spacial score (nSPS) is 11.4. The summed E-state index contributed by atoms with van der Waals surface area (Å²) in [4.78, 5) is 4.42. The molecule has 0 saturated carbocycles. The minimum Gasteiger partial charge on any atom is -0.316 e. The Morgan fingerprint density at radius 3 is 2.82 bits per heavy atom. The highest BCUT2D eigenvalue weighted by Gasteiger charge is 2.15. The number of hydrogen-bond donors (Lipinski definition) is 1. The summed E-state index contributed by atoms with van der Waals surface area (Å²) in [6.07, 6.45) is 2.99. The molecule has 0 bridgehead atoms. The van der Waals surface area contributed by atoms with E-state index < -0.39 is 0 Å². The van der Waals surface area contributed by atoms with Gasteiger partial charge in [0.1, 0.15) is 0 Å². The Bertz CT molecular complexity index is 376. The van der Waals surface area contributed by atoms with Gasteiger partial charge in [0.05, 0.1) is 22.2 Å². The number of rotatable bonds is 7. The lowest BCUT2D eigenvalue weighted by atomic mass is 9.90. The Balaban J connectivity index is 2.04. The predicted molar refractivity (Wildman–Crippen MR) is 72.1 cm³/mol. The van der Waals surface area contributed by atoms with E-state index in [-0.39, 0.29) is 5.41 Å². The van der Waals surface area contributed by atoms with Gasteiger partial charge >= 0.3 is 0 Å². The largest absolute Gasteiger partial charge is 0.316 e. The second-order valence-electron chi connectivity index (χ2n) is 4.96. The van der Waals surface area contributed by atoms with Crippen LogP contribution in [0.5, 0.6) is 0 Å². The molecule has 94 valence electrons. The summed E-state index contributed by atoms with van der Waals surface area (Å²) in [6.45, 7) is 7.96. The number of hydrogen-bond acceptors (Lipinski definition) is 4. The van der Waals surface area contributed by atoms with Crippen molar-refractivity contribution in [3.05, 3.63) is 16.1 Å². The van der Waals surface area contributed by atoms with Crippen molar-refractivity contribution >= 4 is 11.3 Å². The molecule has 0 amide bonds. The molecule has 17 heavy (non-hydrogen) atoms. The third kappa shape index (κ3) is 5.81. The van der Waals surface area contributed by atoms with Crippen molar-refractivity contribution in [1.29, 1.82) is 5.26 Å². The molecule has 1 N–H and O–H groups in total. The summed E-state index contributed by atoms with van der Waals surface area (Å²) < 4.78 is 0. The molecule has 4 heteroatoms. The van der Waals surface area contributed by atoms with Crippen LogP contribution in [0.15, 0.2) is 5.38 Å². The molecule has 0 atom stereocenters. The molecule has 0 saturated heterocycles. The van der Waals surface area contributed by atoms with E-state index in [0.717, 1.165) is 37.4 Å². The van der Waals surface area contributed by atoms with Crippen LogP contribution >= 0.6 is 11.3 Å². The van der Waals surface area contributed by atoms with Gasteiger partial charge in [0.2, 0.25) is 0 Å². The lowest BCUT2D eigenvalue weighted by molar-refractivity contribution is 0.426. The molecule has 0 radical (unpaired) electrons. The van der Waals surface area contributed by atoms with Gasteiger partial charge in [-0.05, 0) is 40.2 Å². The Kier molecular flexibility index (Phi) is 5.60. The lowest BCUT2D eigenvalue weighted by Gasteiger charge is -2.14. The first kappa shape index (κ1) is 14.1. The SMILES string of the molecule is Cc1nc(CCNCCCC(C)(C)C#N)cs1. The van der Waals surface area contributed by atoms with Crippen LogP contribution in [-0.4, -0.2) is 18.1 Å². The average Bonchev–Trinajstić information content (AvgIpc) is 2.69. The third-order valence-electron chi connectivity index (χ3n) is 2.68. The fourth-order valence-electron chi connectivity index (χ4n) is 1.58. The highest BCUT2D eigenvalue weighted by Crippen LogP contribution is 2.19. The number of aryl methyl sites for hydroxylation is 1. The van der Waals surface area contributed by atoms with Crippen LogP contribution in [0.3, 0.4) is 0 Å². The Morgan fingerprint density at radius 1 is 1.47 bits per heavy atom. The van der Waals surface area contributed by atoms with Gasteiger partial charge in [-0.15, -0.1) is 11.3 Å². The maximum Gasteiger partial charge on any atom is 0.0897 e. The minimum absolute atomic E-state index is 0.187. The van der Waals surface area contributed by atoms with Crippen LogP contribution in [-0.2, 0) is 6.42 Å². The van der Waals surface area contributed by atoms with Gasteiger partial charge in [-0.25, -0.2) is 4.98 Å². The van der Waals surface area contributed by atoms with Gasteiger partial charge in [-0.3, -0.25) is 0 Å². The van der Waals surface area contributed by atoms with Crippen LogP contribution < -0.4 is 5.32 Å². The lowest BCUT2D eigenvalue weighted by Crippen LogP contribution is -2.20. The zero-order chi connectivity index (χ0) is 12.7. The van der Waals surface area contributed by atoms with E-state index in [4.69, 9.17) is 5.26 Å². The number of thiazole rings is 1. The van der Waals surface area contributed by atoms with Crippen LogP contribution in [0.2, 0.25) is 0 Å². The van der Waals surface area contributed by atoms with Crippen LogP contribution in [0.4, 0.5) is 0 Å². The molecular formula is C13H21N3S. The van der Waals surface area contributed by atoms with Crippen LogP contribution in [0, 0.1) is 23.7 Å². The number of nitrogens with zero attached hydrogens (tertiary/aromatic N) is 2. The second-order valence-corrected chi connectivity index (χ2v) is 6.02. The number of nitriles is 1. The fourth-order valence-corrected chi connectivity index (χ4v) is 2.22. The zero-order valence-electron chi connectivity index (χ0n) is 10.9. The topological polar surface area (TPSA) is 48.7 Å². The standard InChI is InChI=1S/C13H21N3S/c1-11-16-12(9-17-11)5-8-15-7-4-6-13(2,3)10-14/h9,15H,4-8H2,1-3H3. The van der Waals surface area contributed by atoms with E-state index in [1.807, 2.05) is 20.8 Å². The highest BCUT2D eigenvalue weighted by molar-refractivity contribution is 7.09. The van der Waals surface area contributed by atoms with Gasteiger partial charge in [0.15, 0.2) is 0 Å². The highest BCUT2D eigenvalue weighted by atomic mass is 32.1. The molecular weight excluding hydrogens is 230 g/mol. The van der Waals surface area contributed by atoms with Gasteiger partial charge in [-0.1, -0.05) is 0 Å². The summed E-state index contributed by atoms with van der Waals surface area (Å²) >= 11 is 1.70. The minimum atomic E-state index is -0.187. The Morgan fingerprint density at radius 2 is 2.24 bits per heavy atom. The number of aromatic nitrogens is 1. The van der Waals surface area contributed by atoms with E-state index >= 15 is 0 Å². The molecule has 3 nitrogen and oxygen atoms in total. The summed E-state index contributed by atoms with van der Waals surface area (Å²) in [5, 5.41) is 15.5. The summed E-state index contributed by atoms with van der Waals surface area (Å²) in [5.74, 6) is 0. The monoisotopic (exact) mass is 251 g/mol. The smallest absolute Gasteiger partial charge is 0.0897 e. The predicted octanol–water partition coefficient (Wildman–Crippen LogP) is 2.91. The number of nitrogens with one attached hydrogen (secondary N) is 1.